The maximum absolute atomic E-state index is 13.2. The molecule has 2 heterocycles. The van der Waals surface area contributed by atoms with Gasteiger partial charge in [0.25, 0.3) is 11.6 Å². The third-order valence-electron chi connectivity index (χ3n) is 5.09. The van der Waals surface area contributed by atoms with E-state index in [4.69, 9.17) is 9.26 Å². The number of rotatable bonds is 8. The fourth-order valence-corrected chi connectivity index (χ4v) is 3.40. The number of nitrogens with zero attached hydrogens (tertiary/aromatic N) is 3. The fourth-order valence-electron chi connectivity index (χ4n) is 3.40. The molecule has 0 aliphatic rings. The average molecular weight is 431 g/mol. The van der Waals surface area contributed by atoms with Crippen molar-refractivity contribution in [3.8, 4) is 17.0 Å². The molecule has 4 rings (SSSR count). The number of amides is 1. The Balaban J connectivity index is 1.53. The lowest BCUT2D eigenvalue weighted by atomic mass is 10.0. The molecule has 0 bridgehead atoms. The number of nitrogens with one attached hydrogen (secondary N) is 1. The van der Waals surface area contributed by atoms with Gasteiger partial charge in [0.1, 0.15) is 12.4 Å². The molecule has 1 amide bonds. The van der Waals surface area contributed by atoms with Crippen molar-refractivity contribution in [2.45, 2.75) is 13.5 Å². The molecule has 0 radical (unpaired) electrons. The number of fused-ring (bicyclic) bond motifs is 1. The highest BCUT2D eigenvalue weighted by molar-refractivity contribution is 6.06. The highest BCUT2D eigenvalue weighted by Crippen LogP contribution is 2.27. The lowest BCUT2D eigenvalue weighted by Gasteiger charge is -2.12. The van der Waals surface area contributed by atoms with Crippen LogP contribution >= 0.6 is 0 Å². The van der Waals surface area contributed by atoms with Crippen molar-refractivity contribution in [3.63, 3.8) is 0 Å². The summed E-state index contributed by atoms with van der Waals surface area (Å²) in [6.45, 7) is 3.62. The summed E-state index contributed by atoms with van der Waals surface area (Å²) < 4.78 is 11.2. The van der Waals surface area contributed by atoms with E-state index >= 15 is 0 Å². The molecule has 7 heteroatoms. The summed E-state index contributed by atoms with van der Waals surface area (Å²) >= 11 is 0. The number of hydrogen-bond donors (Lipinski definition) is 1. The number of likely N-dealkylation sites (N-methyl/N-ethyl adjacent to an activating group) is 1. The molecule has 0 fully saturated rings. The van der Waals surface area contributed by atoms with Gasteiger partial charge in [0.15, 0.2) is 0 Å². The molecular weight excluding hydrogens is 404 g/mol. The van der Waals surface area contributed by atoms with Crippen LogP contribution in [0, 0.1) is 6.92 Å². The first-order chi connectivity index (χ1) is 15.5. The van der Waals surface area contributed by atoms with E-state index < -0.39 is 0 Å². The van der Waals surface area contributed by atoms with Crippen molar-refractivity contribution in [1.82, 2.24) is 20.4 Å². The molecule has 0 atom stereocenters. The SMILES string of the molecule is Cc1noc2nc(-c3ccccc3)cc(C(=O)NCc3cccc(OCCN(C)C)c3)c12. The molecule has 7 nitrogen and oxygen atoms in total. The van der Waals surface area contributed by atoms with Gasteiger partial charge in [0.2, 0.25) is 0 Å². The zero-order valence-electron chi connectivity index (χ0n) is 18.5. The molecule has 0 aliphatic heterocycles. The Kier molecular flexibility index (Phi) is 6.47. The summed E-state index contributed by atoms with van der Waals surface area (Å²) in [5, 5.41) is 7.64. The predicted molar refractivity (Wildman–Crippen MR) is 124 cm³/mol. The summed E-state index contributed by atoms with van der Waals surface area (Å²) in [6.07, 6.45) is 0. The van der Waals surface area contributed by atoms with E-state index in [0.717, 1.165) is 23.4 Å². The van der Waals surface area contributed by atoms with Gasteiger partial charge in [-0.25, -0.2) is 4.98 Å². The van der Waals surface area contributed by atoms with Crippen LogP contribution in [-0.2, 0) is 6.54 Å². The summed E-state index contributed by atoms with van der Waals surface area (Å²) in [5.74, 6) is 0.575. The fraction of sp³-hybridized carbons (Fsp3) is 0.240. The van der Waals surface area contributed by atoms with E-state index in [0.29, 0.717) is 41.2 Å². The van der Waals surface area contributed by atoms with Crippen molar-refractivity contribution < 1.29 is 14.1 Å². The molecule has 0 aliphatic carbocycles. The molecule has 0 spiro atoms. The highest BCUT2D eigenvalue weighted by atomic mass is 16.5. The molecule has 32 heavy (non-hydrogen) atoms. The largest absolute Gasteiger partial charge is 0.492 e. The third kappa shape index (κ3) is 4.95. The molecular formula is C25H26N4O3. The van der Waals surface area contributed by atoms with E-state index in [9.17, 15) is 4.79 Å². The van der Waals surface area contributed by atoms with E-state index in [2.05, 4.69) is 20.4 Å². The Labute approximate surface area is 187 Å². The minimum atomic E-state index is -0.209. The van der Waals surface area contributed by atoms with Crippen molar-refractivity contribution >= 4 is 17.0 Å². The minimum absolute atomic E-state index is 0.209. The van der Waals surface area contributed by atoms with Gasteiger partial charge in [-0.15, -0.1) is 0 Å². The third-order valence-corrected chi connectivity index (χ3v) is 5.09. The van der Waals surface area contributed by atoms with E-state index in [-0.39, 0.29) is 5.91 Å². The van der Waals surface area contributed by atoms with Crippen molar-refractivity contribution in [1.29, 1.82) is 0 Å². The van der Waals surface area contributed by atoms with Gasteiger partial charge in [-0.1, -0.05) is 47.6 Å². The molecule has 2 aromatic carbocycles. The van der Waals surface area contributed by atoms with Crippen molar-refractivity contribution in [3.05, 3.63) is 77.5 Å². The highest BCUT2D eigenvalue weighted by Gasteiger charge is 2.19. The zero-order valence-corrected chi connectivity index (χ0v) is 18.5. The van der Waals surface area contributed by atoms with Gasteiger partial charge in [-0.3, -0.25) is 4.79 Å². The van der Waals surface area contributed by atoms with Gasteiger partial charge in [0.05, 0.1) is 22.3 Å². The number of carbonyl (C=O) groups is 1. The first kappa shape index (κ1) is 21.5. The summed E-state index contributed by atoms with van der Waals surface area (Å²) in [4.78, 5) is 19.8. The molecule has 1 N–H and O–H groups in total. The molecule has 164 valence electrons. The summed E-state index contributed by atoms with van der Waals surface area (Å²) in [5.41, 5.74) is 4.00. The van der Waals surface area contributed by atoms with Crippen LogP contribution in [0.25, 0.3) is 22.4 Å². The summed E-state index contributed by atoms with van der Waals surface area (Å²) in [6, 6.07) is 19.2. The van der Waals surface area contributed by atoms with Gasteiger partial charge in [-0.05, 0) is 44.8 Å². The second-order valence-electron chi connectivity index (χ2n) is 7.85. The molecule has 4 aromatic rings. The normalized spacial score (nSPS) is 11.1. The number of carbonyl (C=O) groups excluding carboxylic acids is 1. The number of benzene rings is 2. The van der Waals surface area contributed by atoms with E-state index in [1.807, 2.05) is 68.7 Å². The second-order valence-corrected chi connectivity index (χ2v) is 7.85. The van der Waals surface area contributed by atoms with Crippen LogP contribution in [-0.4, -0.2) is 48.2 Å². The first-order valence-corrected chi connectivity index (χ1v) is 10.5. The molecule has 0 saturated heterocycles. The van der Waals surface area contributed by atoms with Crippen LogP contribution in [0.5, 0.6) is 5.75 Å². The van der Waals surface area contributed by atoms with Crippen LogP contribution in [0.3, 0.4) is 0 Å². The Morgan fingerprint density at radius 1 is 1.09 bits per heavy atom. The van der Waals surface area contributed by atoms with Crippen molar-refractivity contribution in [2.75, 3.05) is 27.2 Å². The number of ether oxygens (including phenoxy) is 1. The standard InChI is InChI=1S/C25H26N4O3/c1-17-23-21(15-22(27-25(23)32-28-17)19-9-5-4-6-10-19)24(30)26-16-18-8-7-11-20(14-18)31-13-12-29(2)3/h4-11,14-15H,12-13,16H2,1-3H3,(H,26,30). The van der Waals surface area contributed by atoms with E-state index in [1.54, 1.807) is 13.0 Å². The monoisotopic (exact) mass is 430 g/mol. The maximum atomic E-state index is 13.2. The Morgan fingerprint density at radius 2 is 1.91 bits per heavy atom. The molecule has 0 unspecified atom stereocenters. The molecule has 2 aromatic heterocycles. The van der Waals surface area contributed by atoms with Crippen LogP contribution in [0.1, 0.15) is 21.6 Å². The quantitative estimate of drug-likeness (QED) is 0.454. The molecule has 0 saturated carbocycles. The summed E-state index contributed by atoms with van der Waals surface area (Å²) in [7, 11) is 4.01. The lowest BCUT2D eigenvalue weighted by molar-refractivity contribution is 0.0952. The first-order valence-electron chi connectivity index (χ1n) is 10.5. The zero-order chi connectivity index (χ0) is 22.5. The van der Waals surface area contributed by atoms with Crippen LogP contribution < -0.4 is 10.1 Å². The Hall–Kier alpha value is -3.71. The Morgan fingerprint density at radius 3 is 2.69 bits per heavy atom. The second kappa shape index (κ2) is 9.62. The number of hydrogen-bond acceptors (Lipinski definition) is 6. The van der Waals surface area contributed by atoms with Gasteiger partial charge in [-0.2, -0.15) is 0 Å². The van der Waals surface area contributed by atoms with E-state index in [1.165, 1.54) is 0 Å². The number of aryl methyl sites for hydroxylation is 1. The minimum Gasteiger partial charge on any atom is -0.492 e. The van der Waals surface area contributed by atoms with Crippen molar-refractivity contribution in [2.24, 2.45) is 0 Å². The lowest BCUT2D eigenvalue weighted by Crippen LogP contribution is -2.23. The maximum Gasteiger partial charge on any atom is 0.259 e. The number of pyridine rings is 1. The topological polar surface area (TPSA) is 80.5 Å². The van der Waals surface area contributed by atoms with Crippen LogP contribution in [0.2, 0.25) is 0 Å². The van der Waals surface area contributed by atoms with Crippen LogP contribution in [0.15, 0.2) is 65.2 Å². The number of aromatic nitrogens is 2. The predicted octanol–water partition coefficient (Wildman–Crippen LogP) is 4.07. The smallest absolute Gasteiger partial charge is 0.259 e. The average Bonchev–Trinajstić information content (AvgIpc) is 3.18. The Bertz CT molecular complexity index is 1220. The van der Waals surface area contributed by atoms with Gasteiger partial charge >= 0.3 is 0 Å². The van der Waals surface area contributed by atoms with Crippen LogP contribution in [0.4, 0.5) is 0 Å². The van der Waals surface area contributed by atoms with Gasteiger partial charge in [0, 0.05) is 18.7 Å². The van der Waals surface area contributed by atoms with Gasteiger partial charge < -0.3 is 19.5 Å².